The minimum absolute atomic E-state index is 0.0560. The lowest BCUT2D eigenvalue weighted by atomic mass is 9.84. The zero-order chi connectivity index (χ0) is 26.7. The summed E-state index contributed by atoms with van der Waals surface area (Å²) < 4.78 is 14.3. The molecule has 3 aliphatic rings. The molecule has 2 heterocycles. The molecule has 8 heteroatoms. The van der Waals surface area contributed by atoms with Gasteiger partial charge in [-0.3, -0.25) is 14.4 Å². The lowest BCUT2D eigenvalue weighted by Gasteiger charge is -2.23. The first-order valence-electron chi connectivity index (χ1n) is 13.4. The fraction of sp³-hybridized carbons (Fsp3) is 0.290. The van der Waals surface area contributed by atoms with Crippen molar-refractivity contribution in [3.05, 3.63) is 90.7 Å². The standard InChI is InChI=1S/C31H25Br2NO5/c32-22-14-18-10-4-6-12-20(18)24-25-21-13-7-5-11-19(21)15-23(33)27(25)39-29-28(38-26(22)24)30(35)34(31(29)36)37-16-17-8-2-1-3-9-17/h1-3,8-9,14-15H,4-7,10-13,16H2. The summed E-state index contributed by atoms with van der Waals surface area (Å²) in [5, 5.41) is 2.67. The van der Waals surface area contributed by atoms with E-state index in [1.54, 1.807) is 0 Å². The molecule has 3 aromatic carbocycles. The third-order valence-corrected chi connectivity index (χ3v) is 9.12. The predicted octanol–water partition coefficient (Wildman–Crippen LogP) is 8.31. The average Bonchev–Trinajstić information content (AvgIpc) is 3.15. The Labute approximate surface area is 241 Å². The Kier molecular flexibility index (Phi) is 6.37. The van der Waals surface area contributed by atoms with Crippen LogP contribution in [0.4, 0.5) is 0 Å². The minimum atomic E-state index is -0.681. The van der Waals surface area contributed by atoms with Gasteiger partial charge in [0.15, 0.2) is 0 Å². The van der Waals surface area contributed by atoms with Crippen molar-refractivity contribution in [2.24, 2.45) is 0 Å². The molecule has 4 aromatic rings. The average molecular weight is 651 g/mol. The van der Waals surface area contributed by atoms with Crippen molar-refractivity contribution in [3.8, 4) is 0 Å². The molecule has 198 valence electrons. The van der Waals surface area contributed by atoms with Crippen LogP contribution < -0.4 is 0 Å². The molecule has 0 unspecified atom stereocenters. The Hall–Kier alpha value is -2.94. The van der Waals surface area contributed by atoms with Crippen molar-refractivity contribution in [3.63, 3.8) is 0 Å². The van der Waals surface area contributed by atoms with Crippen LogP contribution >= 0.6 is 31.9 Å². The fourth-order valence-electron chi connectivity index (χ4n) is 6.11. The maximum absolute atomic E-state index is 13.6. The van der Waals surface area contributed by atoms with Crippen LogP contribution in [0.15, 0.2) is 60.2 Å². The summed E-state index contributed by atoms with van der Waals surface area (Å²) in [5.41, 5.74) is 6.94. The Morgan fingerprint density at radius 1 is 0.718 bits per heavy atom. The molecule has 2 aliphatic carbocycles. The van der Waals surface area contributed by atoms with Gasteiger partial charge in [-0.05, 0) is 123 Å². The van der Waals surface area contributed by atoms with Crippen LogP contribution in [0.3, 0.4) is 0 Å². The first-order chi connectivity index (χ1) is 19.0. The van der Waals surface area contributed by atoms with Gasteiger partial charge in [0.1, 0.15) is 17.8 Å². The normalized spacial score (nSPS) is 16.4. The molecule has 0 radical (unpaired) electrons. The van der Waals surface area contributed by atoms with Gasteiger partial charge in [0, 0.05) is 10.8 Å². The van der Waals surface area contributed by atoms with Crippen LogP contribution in [-0.4, -0.2) is 16.9 Å². The van der Waals surface area contributed by atoms with E-state index in [2.05, 4.69) is 44.0 Å². The minimum Gasteiger partial charge on any atom is -0.445 e. The third-order valence-electron chi connectivity index (χ3n) is 7.94. The Balaban J connectivity index is 1.53. The summed E-state index contributed by atoms with van der Waals surface area (Å²) >= 11 is 7.51. The van der Waals surface area contributed by atoms with Gasteiger partial charge >= 0.3 is 11.8 Å². The molecule has 2 amide bonds. The van der Waals surface area contributed by atoms with E-state index in [9.17, 15) is 9.59 Å². The lowest BCUT2D eigenvalue weighted by molar-refractivity contribution is -0.102. The molecule has 1 aromatic heterocycles. The summed E-state index contributed by atoms with van der Waals surface area (Å²) in [6.45, 7) is 0.0560. The number of benzene rings is 3. The topological polar surface area (TPSA) is 72.9 Å². The molecule has 0 N–H and O–H groups in total. The number of imide groups is 1. The maximum atomic E-state index is 13.6. The van der Waals surface area contributed by atoms with E-state index in [1.165, 1.54) is 22.3 Å². The molecule has 39 heavy (non-hydrogen) atoms. The van der Waals surface area contributed by atoms with Crippen molar-refractivity contribution >= 4 is 65.6 Å². The van der Waals surface area contributed by atoms with E-state index in [0.717, 1.165) is 81.7 Å². The zero-order valence-corrected chi connectivity index (χ0v) is 24.3. The number of fused-ring (bicyclic) bond motifs is 8. The molecule has 0 spiro atoms. The van der Waals surface area contributed by atoms with Gasteiger partial charge in [-0.1, -0.05) is 30.3 Å². The summed E-state index contributed by atoms with van der Waals surface area (Å²) in [5.74, 6) is -1.69. The smallest absolute Gasteiger partial charge is 0.325 e. The number of halogens is 2. The highest BCUT2D eigenvalue weighted by atomic mass is 79.9. The number of aryl methyl sites for hydroxylation is 4. The highest BCUT2D eigenvalue weighted by Crippen LogP contribution is 2.44. The van der Waals surface area contributed by atoms with Crippen molar-refractivity contribution in [2.75, 3.05) is 0 Å². The van der Waals surface area contributed by atoms with Crippen LogP contribution in [0.25, 0.3) is 21.9 Å². The van der Waals surface area contributed by atoms with E-state index in [1.807, 2.05) is 30.3 Å². The van der Waals surface area contributed by atoms with Crippen LogP contribution in [0, 0.1) is 0 Å². The van der Waals surface area contributed by atoms with E-state index < -0.39 is 11.8 Å². The molecule has 7 rings (SSSR count). The largest absolute Gasteiger partial charge is 0.445 e. The second kappa shape index (κ2) is 9.91. The number of amides is 2. The Morgan fingerprint density at radius 3 is 1.72 bits per heavy atom. The highest BCUT2D eigenvalue weighted by Gasteiger charge is 2.43. The second-order valence-corrected chi connectivity index (χ2v) is 12.0. The summed E-state index contributed by atoms with van der Waals surface area (Å²) in [4.78, 5) is 32.8. The maximum Gasteiger partial charge on any atom is 0.325 e. The number of rotatable bonds is 3. The first kappa shape index (κ1) is 25.1. The van der Waals surface area contributed by atoms with Crippen LogP contribution in [0.2, 0.25) is 0 Å². The number of hydroxylamine groups is 2. The molecule has 0 saturated carbocycles. The monoisotopic (exact) mass is 649 g/mol. The summed E-state index contributed by atoms with van der Waals surface area (Å²) in [7, 11) is 0. The number of carbonyl (C=O) groups excluding carboxylic acids is 2. The SMILES string of the molecule is O=C1c2oc3c(Br)cc4c(c3c3c5c(cc(Br)c3oc2C(=O)N1OCc1ccccc1)CCCC5)CCCC4. The third kappa shape index (κ3) is 4.15. The number of hydrogen-bond donors (Lipinski definition) is 0. The molecule has 0 atom stereocenters. The van der Waals surface area contributed by atoms with Gasteiger partial charge in [0.2, 0.25) is 11.5 Å². The van der Waals surface area contributed by atoms with Gasteiger partial charge < -0.3 is 8.83 Å². The lowest BCUT2D eigenvalue weighted by Crippen LogP contribution is -2.29. The van der Waals surface area contributed by atoms with Crippen molar-refractivity contribution in [1.29, 1.82) is 0 Å². The van der Waals surface area contributed by atoms with E-state index in [4.69, 9.17) is 13.7 Å². The first-order valence-corrected chi connectivity index (χ1v) is 14.9. The van der Waals surface area contributed by atoms with Crippen LogP contribution in [0.5, 0.6) is 0 Å². The summed E-state index contributed by atoms with van der Waals surface area (Å²) in [6.07, 6.45) is 8.24. The Morgan fingerprint density at radius 2 is 1.21 bits per heavy atom. The summed E-state index contributed by atoms with van der Waals surface area (Å²) in [6, 6.07) is 13.6. The molecular formula is C31H25Br2NO5. The van der Waals surface area contributed by atoms with Gasteiger partial charge in [-0.15, -0.1) is 5.06 Å². The van der Waals surface area contributed by atoms with Crippen molar-refractivity contribution < 1.29 is 23.3 Å². The van der Waals surface area contributed by atoms with Crippen LogP contribution in [-0.2, 0) is 37.1 Å². The highest BCUT2D eigenvalue weighted by molar-refractivity contribution is 9.11. The van der Waals surface area contributed by atoms with Gasteiger partial charge in [-0.2, -0.15) is 0 Å². The van der Waals surface area contributed by atoms with Gasteiger partial charge in [0.25, 0.3) is 0 Å². The number of carbonyl (C=O) groups is 2. The number of nitrogens with zero attached hydrogens (tertiary/aromatic N) is 1. The van der Waals surface area contributed by atoms with Gasteiger partial charge in [-0.25, -0.2) is 0 Å². The van der Waals surface area contributed by atoms with E-state index >= 15 is 0 Å². The number of hydrogen-bond acceptors (Lipinski definition) is 5. The molecule has 6 nitrogen and oxygen atoms in total. The molecule has 0 saturated heterocycles. The molecular weight excluding hydrogens is 626 g/mol. The molecule has 0 fully saturated rings. The quantitative estimate of drug-likeness (QED) is 0.209. The Bertz CT molecular complexity index is 1630. The molecule has 1 aliphatic heterocycles. The van der Waals surface area contributed by atoms with Crippen molar-refractivity contribution in [1.82, 2.24) is 5.06 Å². The molecule has 0 bridgehead atoms. The predicted molar refractivity (Wildman–Crippen MR) is 154 cm³/mol. The van der Waals surface area contributed by atoms with E-state index in [-0.39, 0.29) is 18.1 Å². The van der Waals surface area contributed by atoms with Gasteiger partial charge in [0.05, 0.1) is 8.95 Å². The van der Waals surface area contributed by atoms with Crippen molar-refractivity contribution in [2.45, 2.75) is 58.0 Å². The van der Waals surface area contributed by atoms with Crippen LogP contribution in [0.1, 0.15) is 74.6 Å². The second-order valence-electron chi connectivity index (χ2n) is 10.3. The van der Waals surface area contributed by atoms with E-state index in [0.29, 0.717) is 11.2 Å². The zero-order valence-electron chi connectivity index (χ0n) is 21.1. The fourth-order valence-corrected chi connectivity index (χ4v) is 7.22.